The molecule has 0 spiro atoms. The highest BCUT2D eigenvalue weighted by molar-refractivity contribution is 6.03. The van der Waals surface area contributed by atoms with Crippen molar-refractivity contribution in [3.8, 4) is 0 Å². The third-order valence-corrected chi connectivity index (χ3v) is 6.57. The number of carbonyl (C=O) groups is 1. The Hall–Kier alpha value is -2.78. The number of ether oxygens (including phenoxy) is 2. The molecule has 9 nitrogen and oxygen atoms in total. The van der Waals surface area contributed by atoms with Crippen LogP contribution in [0.2, 0.25) is 0 Å². The van der Waals surface area contributed by atoms with Gasteiger partial charge < -0.3 is 19.2 Å². The van der Waals surface area contributed by atoms with E-state index in [0.717, 1.165) is 48.1 Å². The highest BCUT2D eigenvalue weighted by Gasteiger charge is 2.32. The van der Waals surface area contributed by atoms with Crippen LogP contribution in [0, 0.1) is 5.92 Å². The van der Waals surface area contributed by atoms with Crippen LogP contribution in [0.3, 0.4) is 0 Å². The first-order valence-corrected chi connectivity index (χ1v) is 12.1. The molecule has 1 N–H and O–H groups in total. The summed E-state index contributed by atoms with van der Waals surface area (Å²) in [6, 6.07) is 0. The number of hydrogen-bond acceptors (Lipinski definition) is 7. The highest BCUT2D eigenvalue weighted by atomic mass is 16.5. The largest absolute Gasteiger partial charge is 0.430 e. The molecule has 3 aromatic rings. The second-order valence-corrected chi connectivity index (χ2v) is 10.4. The van der Waals surface area contributed by atoms with Crippen molar-refractivity contribution in [2.24, 2.45) is 5.92 Å². The Bertz CT molecular complexity index is 1300. The number of amides is 1. The summed E-state index contributed by atoms with van der Waals surface area (Å²) in [7, 11) is 0. The van der Waals surface area contributed by atoms with Crippen LogP contribution < -0.4 is 10.9 Å². The van der Waals surface area contributed by atoms with E-state index in [1.165, 1.54) is 10.9 Å². The Morgan fingerprint density at radius 1 is 1.32 bits per heavy atom. The van der Waals surface area contributed by atoms with Gasteiger partial charge in [0.15, 0.2) is 0 Å². The molecule has 1 fully saturated rings. The average Bonchev–Trinajstić information content (AvgIpc) is 3.41. The van der Waals surface area contributed by atoms with Gasteiger partial charge >= 0.3 is 0 Å². The molecule has 5 heterocycles. The molecule has 0 saturated carbocycles. The second kappa shape index (κ2) is 8.78. The number of rotatable bonds is 6. The van der Waals surface area contributed by atoms with Crippen LogP contribution in [0.25, 0.3) is 22.2 Å². The summed E-state index contributed by atoms with van der Waals surface area (Å²) in [6.07, 6.45) is 4.88. The van der Waals surface area contributed by atoms with Crippen LogP contribution in [-0.2, 0) is 40.3 Å². The van der Waals surface area contributed by atoms with Crippen LogP contribution in [0.4, 0.5) is 0 Å². The molecule has 9 heteroatoms. The van der Waals surface area contributed by atoms with E-state index in [4.69, 9.17) is 18.9 Å². The smallest absolute Gasteiger partial charge is 0.297 e. The Morgan fingerprint density at radius 2 is 2.15 bits per heavy atom. The van der Waals surface area contributed by atoms with Gasteiger partial charge in [0.25, 0.3) is 5.56 Å². The van der Waals surface area contributed by atoms with Crippen LogP contribution in [-0.4, -0.2) is 45.3 Å². The van der Waals surface area contributed by atoms with Crippen LogP contribution in [0.5, 0.6) is 0 Å². The van der Waals surface area contributed by atoms with Crippen molar-refractivity contribution in [3.05, 3.63) is 33.5 Å². The lowest BCUT2D eigenvalue weighted by atomic mass is 9.88. The van der Waals surface area contributed by atoms with Crippen molar-refractivity contribution in [2.75, 3.05) is 13.2 Å². The zero-order valence-corrected chi connectivity index (χ0v) is 20.3. The van der Waals surface area contributed by atoms with E-state index in [9.17, 15) is 9.59 Å². The van der Waals surface area contributed by atoms with E-state index < -0.39 is 0 Å². The summed E-state index contributed by atoms with van der Waals surface area (Å²) in [5.74, 6) is 0.153. The van der Waals surface area contributed by atoms with Crippen molar-refractivity contribution < 1.29 is 18.7 Å². The molecule has 182 valence electrons. The van der Waals surface area contributed by atoms with Crippen LogP contribution in [0.1, 0.15) is 57.4 Å². The zero-order valence-electron chi connectivity index (χ0n) is 20.3. The van der Waals surface area contributed by atoms with Gasteiger partial charge in [-0.1, -0.05) is 13.8 Å². The summed E-state index contributed by atoms with van der Waals surface area (Å²) in [6.45, 7) is 9.93. The summed E-state index contributed by atoms with van der Waals surface area (Å²) in [5, 5.41) is 3.62. The molecule has 1 unspecified atom stereocenters. The molecule has 0 aromatic carbocycles. The van der Waals surface area contributed by atoms with E-state index in [1.54, 1.807) is 0 Å². The number of aromatic nitrogens is 3. The number of nitrogens with zero attached hydrogens (tertiary/aromatic N) is 3. The Balaban J connectivity index is 1.52. The first-order chi connectivity index (χ1) is 16.2. The summed E-state index contributed by atoms with van der Waals surface area (Å²) in [5.41, 5.74) is 3.43. The minimum Gasteiger partial charge on any atom is -0.430 e. The van der Waals surface area contributed by atoms with Gasteiger partial charge in [-0.15, -0.1) is 0 Å². The predicted octanol–water partition coefficient (Wildman–Crippen LogP) is 2.88. The topological polar surface area (TPSA) is 108 Å². The molecule has 1 amide bonds. The van der Waals surface area contributed by atoms with Crippen molar-refractivity contribution in [2.45, 2.75) is 78.2 Å². The molecule has 0 radical (unpaired) electrons. The Morgan fingerprint density at radius 3 is 2.88 bits per heavy atom. The van der Waals surface area contributed by atoms with Crippen molar-refractivity contribution in [1.29, 1.82) is 0 Å². The van der Waals surface area contributed by atoms with Gasteiger partial charge in [-0.05, 0) is 44.6 Å². The first kappa shape index (κ1) is 23.0. The number of furan rings is 1. The van der Waals surface area contributed by atoms with E-state index >= 15 is 0 Å². The molecule has 1 atom stereocenters. The number of hydrogen-bond donors (Lipinski definition) is 1. The van der Waals surface area contributed by atoms with E-state index in [1.807, 2.05) is 0 Å². The Kier molecular flexibility index (Phi) is 5.93. The number of nitrogens with one attached hydrogen (secondary N) is 1. The normalized spacial score (nSPS) is 19.7. The maximum atomic E-state index is 13.2. The summed E-state index contributed by atoms with van der Waals surface area (Å²) in [4.78, 5) is 35.0. The quantitative estimate of drug-likeness (QED) is 0.592. The molecule has 2 aliphatic rings. The molecule has 5 rings (SSSR count). The second-order valence-electron chi connectivity index (χ2n) is 10.4. The SMILES string of the molecule is CC(C)Cc1nc2oc3c(=O)n(CC(=O)NCC4CCCO4)cnc3c2c2c1COC(C)(C)C2. The summed E-state index contributed by atoms with van der Waals surface area (Å²) >= 11 is 0. The molecule has 34 heavy (non-hydrogen) atoms. The fourth-order valence-corrected chi connectivity index (χ4v) is 4.88. The molecule has 3 aromatic heterocycles. The molecule has 0 aliphatic carbocycles. The van der Waals surface area contributed by atoms with E-state index in [0.29, 0.717) is 36.7 Å². The van der Waals surface area contributed by atoms with E-state index in [2.05, 4.69) is 38.0 Å². The third-order valence-electron chi connectivity index (χ3n) is 6.57. The van der Waals surface area contributed by atoms with Crippen LogP contribution in [0.15, 0.2) is 15.5 Å². The monoisotopic (exact) mass is 468 g/mol. The Labute approximate surface area is 197 Å². The highest BCUT2D eigenvalue weighted by Crippen LogP contribution is 2.38. The lowest BCUT2D eigenvalue weighted by molar-refractivity contribution is -0.122. The molecule has 0 bridgehead atoms. The van der Waals surface area contributed by atoms with Gasteiger partial charge in [0.05, 0.1) is 35.7 Å². The predicted molar refractivity (Wildman–Crippen MR) is 127 cm³/mol. The number of fused-ring (bicyclic) bond motifs is 5. The van der Waals surface area contributed by atoms with Crippen molar-refractivity contribution in [1.82, 2.24) is 19.9 Å². The summed E-state index contributed by atoms with van der Waals surface area (Å²) < 4.78 is 18.9. The standard InChI is InChI=1S/C25H32N4O5/c1-14(2)8-18-17-12-33-25(3,4)9-16(17)20-21-22(34-23(20)28-18)24(31)29(13-27-21)11-19(30)26-10-15-6-5-7-32-15/h13-15H,5-12H2,1-4H3,(H,26,30). The fourth-order valence-electron chi connectivity index (χ4n) is 4.88. The van der Waals surface area contributed by atoms with Crippen LogP contribution >= 0.6 is 0 Å². The van der Waals surface area contributed by atoms with Crippen molar-refractivity contribution >= 4 is 28.1 Å². The lowest BCUT2D eigenvalue weighted by Gasteiger charge is -2.33. The van der Waals surface area contributed by atoms with Gasteiger partial charge in [0.2, 0.25) is 17.2 Å². The maximum absolute atomic E-state index is 13.2. The molecule has 2 aliphatic heterocycles. The molecule has 1 saturated heterocycles. The lowest BCUT2D eigenvalue weighted by Crippen LogP contribution is -2.36. The minimum absolute atomic E-state index is 0.0437. The van der Waals surface area contributed by atoms with Gasteiger partial charge in [-0.2, -0.15) is 0 Å². The minimum atomic E-state index is -0.388. The first-order valence-electron chi connectivity index (χ1n) is 12.1. The zero-order chi connectivity index (χ0) is 24.0. The van der Waals surface area contributed by atoms with Gasteiger partial charge in [0.1, 0.15) is 12.1 Å². The van der Waals surface area contributed by atoms with Crippen molar-refractivity contribution in [3.63, 3.8) is 0 Å². The third kappa shape index (κ3) is 4.34. The van der Waals surface area contributed by atoms with Gasteiger partial charge in [-0.25, -0.2) is 9.97 Å². The van der Waals surface area contributed by atoms with Gasteiger partial charge in [-0.3, -0.25) is 14.2 Å². The molecular formula is C25H32N4O5. The number of pyridine rings is 1. The maximum Gasteiger partial charge on any atom is 0.297 e. The fraction of sp³-hybridized carbons (Fsp3) is 0.600. The average molecular weight is 469 g/mol. The van der Waals surface area contributed by atoms with Gasteiger partial charge in [0, 0.05) is 25.1 Å². The molecular weight excluding hydrogens is 436 g/mol. The number of carbonyl (C=O) groups excluding carboxylic acids is 1. The van der Waals surface area contributed by atoms with E-state index in [-0.39, 0.29) is 35.3 Å².